The number of anilines is 1. The van der Waals surface area contributed by atoms with E-state index in [0.29, 0.717) is 0 Å². The molecule has 0 aliphatic heterocycles. The third-order valence-electron chi connectivity index (χ3n) is 1.62. The Morgan fingerprint density at radius 3 is 2.62 bits per heavy atom. The molecule has 3 heteroatoms. The lowest BCUT2D eigenvalue weighted by atomic mass is 10.3. The van der Waals surface area contributed by atoms with E-state index in [1.165, 1.54) is 12.1 Å². The van der Waals surface area contributed by atoms with Crippen LogP contribution in [0.25, 0.3) is 0 Å². The van der Waals surface area contributed by atoms with Crippen molar-refractivity contribution in [1.82, 2.24) is 0 Å². The van der Waals surface area contributed by atoms with Crippen LogP contribution in [0.1, 0.15) is 6.92 Å². The molecule has 0 fully saturated rings. The van der Waals surface area contributed by atoms with Gasteiger partial charge >= 0.3 is 0 Å². The molecular weight excluding hydrogens is 185 g/mol. The molecule has 0 saturated heterocycles. The quantitative estimate of drug-likeness (QED) is 0.732. The number of benzene rings is 1. The molecule has 0 aliphatic rings. The summed E-state index contributed by atoms with van der Waals surface area (Å²) >= 11 is 1.89. The van der Waals surface area contributed by atoms with Gasteiger partial charge in [-0.1, -0.05) is 6.92 Å². The van der Waals surface area contributed by atoms with E-state index in [1.54, 1.807) is 12.1 Å². The van der Waals surface area contributed by atoms with Gasteiger partial charge in [0.1, 0.15) is 5.82 Å². The van der Waals surface area contributed by atoms with E-state index in [9.17, 15) is 4.39 Å². The summed E-state index contributed by atoms with van der Waals surface area (Å²) in [5, 5.41) is 3.22. The predicted molar refractivity (Wildman–Crippen MR) is 57.9 cm³/mol. The maximum absolute atomic E-state index is 12.5. The monoisotopic (exact) mass is 199 g/mol. The average molecular weight is 199 g/mol. The Morgan fingerprint density at radius 1 is 1.31 bits per heavy atom. The van der Waals surface area contributed by atoms with Crippen LogP contribution in [-0.4, -0.2) is 18.1 Å². The van der Waals surface area contributed by atoms with E-state index >= 15 is 0 Å². The van der Waals surface area contributed by atoms with Crippen molar-refractivity contribution in [2.75, 3.05) is 23.4 Å². The van der Waals surface area contributed by atoms with Crippen molar-refractivity contribution in [3.63, 3.8) is 0 Å². The van der Waals surface area contributed by atoms with Gasteiger partial charge in [-0.05, 0) is 30.0 Å². The summed E-state index contributed by atoms with van der Waals surface area (Å²) < 4.78 is 12.5. The van der Waals surface area contributed by atoms with Crippen LogP contribution < -0.4 is 5.32 Å². The molecule has 0 aliphatic carbocycles. The Kier molecular flexibility index (Phi) is 4.68. The second kappa shape index (κ2) is 5.86. The number of rotatable bonds is 5. The molecule has 0 atom stereocenters. The first-order chi connectivity index (χ1) is 6.33. The minimum absolute atomic E-state index is 0.187. The zero-order valence-corrected chi connectivity index (χ0v) is 8.53. The SMILES string of the molecule is CCSCCNc1ccc(F)cc1. The number of halogens is 1. The third kappa shape index (κ3) is 4.18. The van der Waals surface area contributed by atoms with E-state index in [0.717, 1.165) is 23.7 Å². The summed E-state index contributed by atoms with van der Waals surface area (Å²) in [5.74, 6) is 2.05. The standard InChI is InChI=1S/C10H14FNS/c1-2-13-8-7-12-10-5-3-9(11)4-6-10/h3-6,12H,2,7-8H2,1H3. The molecule has 0 saturated carbocycles. The van der Waals surface area contributed by atoms with Gasteiger partial charge < -0.3 is 5.32 Å². The van der Waals surface area contributed by atoms with Crippen LogP contribution in [0.4, 0.5) is 10.1 Å². The molecule has 0 bridgehead atoms. The van der Waals surface area contributed by atoms with Crippen LogP contribution in [0.3, 0.4) is 0 Å². The van der Waals surface area contributed by atoms with Crippen LogP contribution >= 0.6 is 11.8 Å². The highest BCUT2D eigenvalue weighted by atomic mass is 32.2. The molecule has 0 spiro atoms. The van der Waals surface area contributed by atoms with Crippen molar-refractivity contribution < 1.29 is 4.39 Å². The Balaban J connectivity index is 2.25. The summed E-state index contributed by atoms with van der Waals surface area (Å²) in [6, 6.07) is 6.45. The van der Waals surface area contributed by atoms with Gasteiger partial charge in [0.15, 0.2) is 0 Å². The highest BCUT2D eigenvalue weighted by molar-refractivity contribution is 7.99. The van der Waals surface area contributed by atoms with E-state index in [4.69, 9.17) is 0 Å². The number of hydrogen-bond acceptors (Lipinski definition) is 2. The Morgan fingerprint density at radius 2 is 2.00 bits per heavy atom. The Labute approximate surface area is 82.7 Å². The van der Waals surface area contributed by atoms with Gasteiger partial charge in [-0.3, -0.25) is 0 Å². The fourth-order valence-corrected chi connectivity index (χ4v) is 1.51. The fraction of sp³-hybridized carbons (Fsp3) is 0.400. The summed E-state index contributed by atoms with van der Waals surface area (Å²) in [6.45, 7) is 3.08. The minimum atomic E-state index is -0.187. The van der Waals surface area contributed by atoms with E-state index in [1.807, 2.05) is 11.8 Å². The van der Waals surface area contributed by atoms with Crippen molar-refractivity contribution in [1.29, 1.82) is 0 Å². The molecule has 1 aromatic carbocycles. The van der Waals surface area contributed by atoms with E-state index in [2.05, 4.69) is 12.2 Å². The van der Waals surface area contributed by atoms with Gasteiger partial charge in [-0.2, -0.15) is 11.8 Å². The topological polar surface area (TPSA) is 12.0 Å². The number of thioether (sulfide) groups is 1. The maximum Gasteiger partial charge on any atom is 0.123 e. The molecule has 1 aromatic rings. The molecular formula is C10H14FNS. The fourth-order valence-electron chi connectivity index (χ4n) is 0.980. The summed E-state index contributed by atoms with van der Waals surface area (Å²) in [7, 11) is 0. The highest BCUT2D eigenvalue weighted by Gasteiger charge is 1.91. The predicted octanol–water partition coefficient (Wildman–Crippen LogP) is 2.99. The second-order valence-electron chi connectivity index (χ2n) is 2.63. The average Bonchev–Trinajstić information content (AvgIpc) is 2.15. The van der Waals surface area contributed by atoms with Crippen molar-refractivity contribution in [2.24, 2.45) is 0 Å². The van der Waals surface area contributed by atoms with Gasteiger partial charge in [0.25, 0.3) is 0 Å². The van der Waals surface area contributed by atoms with Crippen LogP contribution in [0.15, 0.2) is 24.3 Å². The van der Waals surface area contributed by atoms with Crippen molar-refractivity contribution in [2.45, 2.75) is 6.92 Å². The Hall–Kier alpha value is -0.700. The van der Waals surface area contributed by atoms with Crippen LogP contribution in [0.2, 0.25) is 0 Å². The molecule has 0 aromatic heterocycles. The largest absolute Gasteiger partial charge is 0.384 e. The smallest absolute Gasteiger partial charge is 0.123 e. The van der Waals surface area contributed by atoms with Gasteiger partial charge in [-0.25, -0.2) is 4.39 Å². The van der Waals surface area contributed by atoms with E-state index < -0.39 is 0 Å². The molecule has 0 amide bonds. The number of hydrogen-bond donors (Lipinski definition) is 1. The van der Waals surface area contributed by atoms with Crippen LogP contribution in [0.5, 0.6) is 0 Å². The minimum Gasteiger partial charge on any atom is -0.384 e. The van der Waals surface area contributed by atoms with Crippen molar-refractivity contribution in [3.8, 4) is 0 Å². The number of nitrogens with one attached hydrogen (secondary N) is 1. The lowest BCUT2D eigenvalue weighted by Gasteiger charge is -2.04. The van der Waals surface area contributed by atoms with Crippen LogP contribution in [-0.2, 0) is 0 Å². The van der Waals surface area contributed by atoms with Crippen molar-refractivity contribution >= 4 is 17.4 Å². The zero-order valence-electron chi connectivity index (χ0n) is 7.72. The molecule has 0 heterocycles. The first kappa shape index (κ1) is 10.4. The molecule has 72 valence electrons. The van der Waals surface area contributed by atoms with E-state index in [-0.39, 0.29) is 5.82 Å². The zero-order chi connectivity index (χ0) is 9.52. The lowest BCUT2D eigenvalue weighted by Crippen LogP contribution is -2.03. The first-order valence-electron chi connectivity index (χ1n) is 4.40. The molecule has 13 heavy (non-hydrogen) atoms. The highest BCUT2D eigenvalue weighted by Crippen LogP contribution is 2.08. The summed E-state index contributed by atoms with van der Waals surface area (Å²) in [4.78, 5) is 0. The molecule has 1 nitrogen and oxygen atoms in total. The summed E-state index contributed by atoms with van der Waals surface area (Å²) in [6.07, 6.45) is 0. The third-order valence-corrected chi connectivity index (χ3v) is 2.52. The Bertz CT molecular complexity index is 235. The molecule has 0 radical (unpaired) electrons. The van der Waals surface area contributed by atoms with Crippen molar-refractivity contribution in [3.05, 3.63) is 30.1 Å². The molecule has 1 rings (SSSR count). The van der Waals surface area contributed by atoms with Gasteiger partial charge in [0, 0.05) is 18.0 Å². The van der Waals surface area contributed by atoms with Crippen LogP contribution in [0, 0.1) is 5.82 Å². The lowest BCUT2D eigenvalue weighted by molar-refractivity contribution is 0.628. The summed E-state index contributed by atoms with van der Waals surface area (Å²) in [5.41, 5.74) is 0.984. The second-order valence-corrected chi connectivity index (χ2v) is 4.02. The normalized spacial score (nSPS) is 10.0. The first-order valence-corrected chi connectivity index (χ1v) is 5.55. The molecule has 0 unspecified atom stereocenters. The maximum atomic E-state index is 12.5. The van der Waals surface area contributed by atoms with Gasteiger partial charge in [0.2, 0.25) is 0 Å². The molecule has 1 N–H and O–H groups in total. The van der Waals surface area contributed by atoms with Gasteiger partial charge in [0.05, 0.1) is 0 Å². The van der Waals surface area contributed by atoms with Gasteiger partial charge in [-0.15, -0.1) is 0 Å².